The van der Waals surface area contributed by atoms with E-state index in [1.54, 1.807) is 0 Å². The number of imidazole rings is 3. The maximum absolute atomic E-state index is 5.98. The van der Waals surface area contributed by atoms with E-state index in [0.29, 0.717) is 0 Å². The Bertz CT molecular complexity index is 3330. The zero-order valence-corrected chi connectivity index (χ0v) is 38.9. The number of hydrogen-bond acceptors (Lipinski definition) is 3. The number of nitrogens with zero attached hydrogens (tertiary/aromatic N) is 6. The molecule has 0 aliphatic carbocycles. The number of benzene rings is 6. The Labute approximate surface area is 382 Å². The zero-order valence-electron chi connectivity index (χ0n) is 36.5. The molecule has 0 radical (unpaired) electrons. The first kappa shape index (κ1) is 40.7. The fourth-order valence-electron chi connectivity index (χ4n) is 10.4. The van der Waals surface area contributed by atoms with Crippen molar-refractivity contribution in [3.05, 3.63) is 227 Å². The summed E-state index contributed by atoms with van der Waals surface area (Å²) in [5.41, 5.74) is 9.54. The number of aryl methyl sites for hydroxylation is 1. The summed E-state index contributed by atoms with van der Waals surface area (Å²) in [4.78, 5) is 16.3. The van der Waals surface area contributed by atoms with Crippen LogP contribution in [0.15, 0.2) is 158 Å². The van der Waals surface area contributed by atoms with Gasteiger partial charge in [-0.1, -0.05) is 92.6 Å². The smallest absolute Gasteiger partial charge is 0.336 e. The summed E-state index contributed by atoms with van der Waals surface area (Å²) in [6.45, 7) is 16.4. The molecule has 2 atom stereocenters. The van der Waals surface area contributed by atoms with Crippen molar-refractivity contribution in [2.45, 2.75) is 70.1 Å². The summed E-state index contributed by atoms with van der Waals surface area (Å²) in [5, 5.41) is 3.31. The maximum Gasteiger partial charge on any atom is 3.00 e. The van der Waals surface area contributed by atoms with Gasteiger partial charge in [0.25, 0.3) is 0 Å². The van der Waals surface area contributed by atoms with E-state index < -0.39 is 16.2 Å². The molecule has 11 rings (SSSR count). The fraction of sp³-hybridized carbons (Fsp3) is 0.196. The van der Waals surface area contributed by atoms with Crippen LogP contribution in [0.4, 0.5) is 0 Å². The molecule has 1 unspecified atom stereocenters. The molecule has 0 N–H and O–H groups in total. The van der Waals surface area contributed by atoms with Crippen LogP contribution in [0.5, 0.6) is 0 Å². The molecule has 0 amide bonds. The molecule has 6 aromatic carbocycles. The summed E-state index contributed by atoms with van der Waals surface area (Å²) in [6, 6.07) is 58.1. The molecule has 0 saturated carbocycles. The Morgan fingerprint density at radius 2 is 1.14 bits per heavy atom. The molecule has 63 heavy (non-hydrogen) atoms. The molecule has 4 aromatic heterocycles. The Morgan fingerprint density at radius 3 is 1.71 bits per heavy atom. The number of para-hydroxylation sites is 2. The van der Waals surface area contributed by atoms with Gasteiger partial charge in [0.1, 0.15) is 11.6 Å². The summed E-state index contributed by atoms with van der Waals surface area (Å²) in [6.07, 6.45) is 7.92. The molecule has 310 valence electrons. The number of rotatable bonds is 8. The Morgan fingerprint density at radius 1 is 0.587 bits per heavy atom. The number of hydrogen-bond donors (Lipinski definition) is 0. The number of pyridine rings is 1. The maximum atomic E-state index is 5.98. The predicted octanol–water partition coefficient (Wildman–Crippen LogP) is 12.0. The van der Waals surface area contributed by atoms with Crippen molar-refractivity contribution in [2.75, 3.05) is 0 Å². The van der Waals surface area contributed by atoms with Crippen molar-refractivity contribution in [3.8, 4) is 11.4 Å². The summed E-state index contributed by atoms with van der Waals surface area (Å²) in [5.74, 6) is 1.75. The van der Waals surface area contributed by atoms with Crippen molar-refractivity contribution in [1.29, 1.82) is 0 Å². The molecule has 0 fully saturated rings. The summed E-state index contributed by atoms with van der Waals surface area (Å²) in [7, 11) is 0. The first-order valence-electron chi connectivity index (χ1n) is 21.5. The third-order valence-electron chi connectivity index (χ3n) is 14.5. The van der Waals surface area contributed by atoms with E-state index in [2.05, 4.69) is 190 Å². The van der Waals surface area contributed by atoms with Gasteiger partial charge in [-0.25, -0.2) is 9.97 Å². The number of fused-ring (bicyclic) bond motifs is 3. The van der Waals surface area contributed by atoms with E-state index in [1.165, 1.54) is 27.7 Å². The van der Waals surface area contributed by atoms with Gasteiger partial charge in [0.05, 0.1) is 16.8 Å². The molecule has 7 heteroatoms. The van der Waals surface area contributed by atoms with Gasteiger partial charge >= 0.3 is 20.1 Å². The van der Waals surface area contributed by atoms with Crippen LogP contribution in [-0.2, 0) is 41.8 Å². The van der Waals surface area contributed by atoms with Gasteiger partial charge in [-0.3, -0.25) is 4.98 Å². The van der Waals surface area contributed by atoms with Gasteiger partial charge in [0, 0.05) is 63.6 Å². The second-order valence-corrected chi connectivity index (χ2v) is 18.2. The SMILES string of the molecule is Cc1ccc2c3c1c1ccc(C(C)(c4[c-]cccc4)c4nccn4-c4ccccc4)[c-]c1c1nc([C@](C)(c4[c-]cccc4)c4nccn4-c4ccccc4)c(n13)C(C)(C)C2(C)C.[Ir+3]. The van der Waals surface area contributed by atoms with Gasteiger partial charge in [0.15, 0.2) is 0 Å². The Kier molecular flexibility index (Phi) is 9.41. The van der Waals surface area contributed by atoms with Crippen molar-refractivity contribution >= 4 is 27.3 Å². The van der Waals surface area contributed by atoms with Crippen LogP contribution in [0.3, 0.4) is 0 Å². The van der Waals surface area contributed by atoms with Gasteiger partial charge in [-0.15, -0.1) is 34.9 Å². The molecule has 0 spiro atoms. The second-order valence-electron chi connectivity index (χ2n) is 18.2. The quantitative estimate of drug-likeness (QED) is 0.113. The molecule has 10 aromatic rings. The molecule has 0 bridgehead atoms. The monoisotopic (exact) mass is 996 g/mol. The van der Waals surface area contributed by atoms with Crippen LogP contribution in [0.25, 0.3) is 38.7 Å². The summed E-state index contributed by atoms with van der Waals surface area (Å²) >= 11 is 0. The average molecular weight is 996 g/mol. The topological polar surface area (TPSA) is 52.9 Å². The third kappa shape index (κ3) is 5.62. The predicted molar refractivity (Wildman–Crippen MR) is 249 cm³/mol. The van der Waals surface area contributed by atoms with Crippen LogP contribution in [0.2, 0.25) is 0 Å². The largest absolute Gasteiger partial charge is 3.00 e. The first-order chi connectivity index (χ1) is 30.0. The van der Waals surface area contributed by atoms with Crippen LogP contribution >= 0.6 is 0 Å². The van der Waals surface area contributed by atoms with E-state index in [1.807, 2.05) is 48.9 Å². The molecule has 0 saturated heterocycles. The zero-order chi connectivity index (χ0) is 42.6. The minimum atomic E-state index is -0.833. The minimum absolute atomic E-state index is 0. The second kappa shape index (κ2) is 14.6. The molecular weight excluding hydrogens is 949 g/mol. The van der Waals surface area contributed by atoms with E-state index in [-0.39, 0.29) is 25.5 Å². The first-order valence-corrected chi connectivity index (χ1v) is 21.5. The van der Waals surface area contributed by atoms with E-state index in [4.69, 9.17) is 15.0 Å². The van der Waals surface area contributed by atoms with Crippen molar-refractivity contribution in [1.82, 2.24) is 28.5 Å². The Balaban J connectivity index is 0.00000471. The third-order valence-corrected chi connectivity index (χ3v) is 14.5. The van der Waals surface area contributed by atoms with Gasteiger partial charge in [-0.05, 0) is 56.0 Å². The van der Waals surface area contributed by atoms with E-state index in [0.717, 1.165) is 61.8 Å². The molecular formula is C56H47IrN6. The average Bonchev–Trinajstić information content (AvgIpc) is 4.10. The van der Waals surface area contributed by atoms with Crippen LogP contribution in [-0.4, -0.2) is 28.5 Å². The number of aromatic nitrogens is 6. The van der Waals surface area contributed by atoms with Crippen molar-refractivity contribution in [2.24, 2.45) is 0 Å². The van der Waals surface area contributed by atoms with Crippen LogP contribution < -0.4 is 0 Å². The van der Waals surface area contributed by atoms with E-state index in [9.17, 15) is 0 Å². The standard InChI is InChI=1S/C56H47N6.Ir/c1-37-28-31-45-47-46(37)43-30-29-40(55(6,38-20-12-8-13-21-38)51-57-32-34-60(51)41-24-16-10-17-25-41)36-44(43)50-59-48(49(62(47)50)54(4,5)53(45,2)3)56(7,39-22-14-9-15-23-39)52-58-33-35-61(52)42-26-18-11-19-27-42;/h8-20,22,24-35H,1-7H3;/q-3;+3/t55?,56-;/m0./s1. The Hall–Kier alpha value is -6.40. The molecule has 1 aliphatic rings. The van der Waals surface area contributed by atoms with Gasteiger partial charge in [0.2, 0.25) is 0 Å². The molecule has 5 heterocycles. The van der Waals surface area contributed by atoms with Crippen molar-refractivity contribution < 1.29 is 20.1 Å². The minimum Gasteiger partial charge on any atom is -0.336 e. The fourth-order valence-corrected chi connectivity index (χ4v) is 10.4. The van der Waals surface area contributed by atoms with Crippen LogP contribution in [0, 0.1) is 25.1 Å². The van der Waals surface area contributed by atoms with Crippen molar-refractivity contribution in [3.63, 3.8) is 0 Å². The van der Waals surface area contributed by atoms with Gasteiger partial charge < -0.3 is 13.5 Å². The van der Waals surface area contributed by atoms with Crippen LogP contribution in [0.1, 0.15) is 92.4 Å². The molecule has 1 aliphatic heterocycles. The normalized spacial score (nSPS) is 15.9. The summed E-state index contributed by atoms with van der Waals surface area (Å²) < 4.78 is 6.90. The van der Waals surface area contributed by atoms with E-state index >= 15 is 0 Å². The molecule has 6 nitrogen and oxygen atoms in total. The van der Waals surface area contributed by atoms with Gasteiger partial charge in [-0.2, -0.15) is 60.7 Å².